The number of hydrogen-bond donors (Lipinski definition) is 1. The molecule has 0 aliphatic rings. The molecule has 0 aliphatic carbocycles. The summed E-state index contributed by atoms with van der Waals surface area (Å²) in [5, 5.41) is 15.4. The molecular formula is C12H6F7N3O2. The van der Waals surface area contributed by atoms with E-state index in [-0.39, 0.29) is 5.56 Å². The van der Waals surface area contributed by atoms with Crippen LogP contribution < -0.4 is 0 Å². The highest BCUT2D eigenvalue weighted by Gasteiger charge is 2.75. The van der Waals surface area contributed by atoms with Crippen LogP contribution >= 0.6 is 0 Å². The molecule has 0 spiro atoms. The molecule has 1 aromatic heterocycles. The van der Waals surface area contributed by atoms with Crippen molar-refractivity contribution >= 4 is 5.69 Å². The van der Waals surface area contributed by atoms with Gasteiger partial charge in [0.25, 0.3) is 0 Å². The van der Waals surface area contributed by atoms with Crippen LogP contribution in [0.2, 0.25) is 0 Å². The monoisotopic (exact) mass is 357 g/mol. The Bertz CT molecular complexity index is 756. The Morgan fingerprint density at radius 1 is 1.00 bits per heavy atom. The molecule has 0 atom stereocenters. The summed E-state index contributed by atoms with van der Waals surface area (Å²) in [6, 6.07) is 6.53. The van der Waals surface area contributed by atoms with Crippen LogP contribution in [-0.2, 0) is 5.92 Å². The lowest BCUT2D eigenvalue weighted by Crippen LogP contribution is -2.50. The van der Waals surface area contributed by atoms with Crippen molar-refractivity contribution in [1.82, 2.24) is 10.2 Å². The Morgan fingerprint density at radius 2 is 1.54 bits per heavy atom. The lowest BCUT2D eigenvalue weighted by molar-refractivity contribution is -0.393. The minimum absolute atomic E-state index is 0.113. The molecule has 12 heteroatoms. The first-order valence-electron chi connectivity index (χ1n) is 6.02. The van der Waals surface area contributed by atoms with Gasteiger partial charge in [0.2, 0.25) is 0 Å². The zero-order valence-corrected chi connectivity index (χ0v) is 11.2. The van der Waals surface area contributed by atoms with Crippen molar-refractivity contribution in [3.05, 3.63) is 46.1 Å². The van der Waals surface area contributed by atoms with E-state index in [2.05, 4.69) is 5.10 Å². The number of nitro groups is 1. The third-order valence-corrected chi connectivity index (χ3v) is 3.03. The average Bonchev–Trinajstić information content (AvgIpc) is 2.92. The van der Waals surface area contributed by atoms with E-state index in [1.165, 1.54) is 35.4 Å². The molecule has 0 aliphatic heterocycles. The highest BCUT2D eigenvalue weighted by atomic mass is 19.4. The average molecular weight is 357 g/mol. The summed E-state index contributed by atoms with van der Waals surface area (Å²) in [6.07, 6.45) is -6.62. The third kappa shape index (κ3) is 2.57. The maximum atomic E-state index is 13.7. The largest absolute Gasteiger partial charge is 0.460 e. The number of alkyl halides is 7. The predicted octanol–water partition coefficient (Wildman–Crippen LogP) is 4.27. The first kappa shape index (κ1) is 17.7. The van der Waals surface area contributed by atoms with E-state index in [4.69, 9.17) is 0 Å². The maximum Gasteiger partial charge on any atom is 0.460 e. The normalized spacial score (nSPS) is 13.1. The van der Waals surface area contributed by atoms with Crippen molar-refractivity contribution in [1.29, 1.82) is 0 Å². The number of benzene rings is 1. The van der Waals surface area contributed by atoms with E-state index in [9.17, 15) is 40.8 Å². The van der Waals surface area contributed by atoms with E-state index >= 15 is 0 Å². The van der Waals surface area contributed by atoms with Crippen LogP contribution in [0, 0.1) is 10.1 Å². The molecule has 0 saturated heterocycles. The number of rotatable bonds is 4. The summed E-state index contributed by atoms with van der Waals surface area (Å²) in [5.74, 6) is -12.5. The summed E-state index contributed by atoms with van der Waals surface area (Å²) in [5.41, 5.74) is -4.78. The topological polar surface area (TPSA) is 71.8 Å². The number of H-pyrrole nitrogens is 1. The van der Waals surface area contributed by atoms with Gasteiger partial charge in [-0.25, -0.2) is 0 Å². The highest BCUT2D eigenvalue weighted by Crippen LogP contribution is 2.53. The van der Waals surface area contributed by atoms with Crippen molar-refractivity contribution in [3.63, 3.8) is 0 Å². The van der Waals surface area contributed by atoms with E-state index in [0.29, 0.717) is 0 Å². The lowest BCUT2D eigenvalue weighted by atomic mass is 10.0. The second-order valence-electron chi connectivity index (χ2n) is 4.57. The molecule has 0 saturated carbocycles. The first-order chi connectivity index (χ1) is 10.9. The van der Waals surface area contributed by atoms with Crippen LogP contribution in [-0.4, -0.2) is 27.2 Å². The van der Waals surface area contributed by atoms with Crippen molar-refractivity contribution in [3.8, 4) is 11.3 Å². The molecule has 0 radical (unpaired) electrons. The van der Waals surface area contributed by atoms with Gasteiger partial charge >= 0.3 is 23.7 Å². The van der Waals surface area contributed by atoms with Gasteiger partial charge in [0.1, 0.15) is 0 Å². The number of nitrogens with zero attached hydrogens (tertiary/aromatic N) is 2. The van der Waals surface area contributed by atoms with Crippen LogP contribution in [0.1, 0.15) is 5.69 Å². The second kappa shape index (κ2) is 5.46. The Hall–Kier alpha value is -2.66. The molecular weight excluding hydrogens is 351 g/mol. The smallest absolute Gasteiger partial charge is 0.269 e. The third-order valence-electron chi connectivity index (χ3n) is 3.03. The predicted molar refractivity (Wildman–Crippen MR) is 65.6 cm³/mol. The van der Waals surface area contributed by atoms with Crippen LogP contribution in [0.25, 0.3) is 11.3 Å². The van der Waals surface area contributed by atoms with Gasteiger partial charge in [-0.2, -0.15) is 35.8 Å². The molecule has 24 heavy (non-hydrogen) atoms. The fraction of sp³-hybridized carbons (Fsp3) is 0.250. The summed E-state index contributed by atoms with van der Waals surface area (Å²) in [6.45, 7) is 0. The number of nitrogens with one attached hydrogen (secondary N) is 1. The van der Waals surface area contributed by atoms with Gasteiger partial charge in [0.15, 0.2) is 11.4 Å². The highest BCUT2D eigenvalue weighted by molar-refractivity contribution is 5.71. The molecule has 2 aromatic rings. The Labute approximate surface area is 128 Å². The van der Waals surface area contributed by atoms with Crippen molar-refractivity contribution in [2.75, 3.05) is 0 Å². The molecule has 0 unspecified atom stereocenters. The van der Waals surface area contributed by atoms with Crippen molar-refractivity contribution in [2.45, 2.75) is 18.0 Å². The fourth-order valence-electron chi connectivity index (χ4n) is 1.87. The zero-order chi connectivity index (χ0) is 18.3. The van der Waals surface area contributed by atoms with Crippen LogP contribution in [0.4, 0.5) is 36.4 Å². The molecule has 1 heterocycles. The quantitative estimate of drug-likeness (QED) is 0.505. The van der Waals surface area contributed by atoms with E-state index in [1.807, 2.05) is 0 Å². The van der Waals surface area contributed by atoms with Gasteiger partial charge < -0.3 is 0 Å². The van der Waals surface area contributed by atoms with Gasteiger partial charge in [0.05, 0.1) is 4.92 Å². The molecule has 0 fully saturated rings. The van der Waals surface area contributed by atoms with E-state index < -0.39 is 40.0 Å². The number of aromatic nitrogens is 2. The van der Waals surface area contributed by atoms with E-state index in [1.54, 1.807) is 0 Å². The van der Waals surface area contributed by atoms with Gasteiger partial charge in [-0.1, -0.05) is 30.3 Å². The van der Waals surface area contributed by atoms with Gasteiger partial charge in [0, 0.05) is 5.56 Å². The summed E-state index contributed by atoms with van der Waals surface area (Å²) >= 11 is 0. The molecule has 5 nitrogen and oxygen atoms in total. The number of hydrogen-bond acceptors (Lipinski definition) is 3. The number of aromatic amines is 1. The van der Waals surface area contributed by atoms with E-state index in [0.717, 1.165) is 0 Å². The summed E-state index contributed by atoms with van der Waals surface area (Å²) < 4.78 is 90.4. The summed E-state index contributed by atoms with van der Waals surface area (Å²) in [4.78, 5) is 9.49. The zero-order valence-electron chi connectivity index (χ0n) is 11.2. The van der Waals surface area contributed by atoms with Gasteiger partial charge in [-0.15, -0.1) is 0 Å². The molecule has 0 bridgehead atoms. The van der Waals surface area contributed by atoms with Gasteiger partial charge in [-0.3, -0.25) is 15.2 Å². The molecule has 0 amide bonds. The molecule has 2 rings (SSSR count). The summed E-state index contributed by atoms with van der Waals surface area (Å²) in [7, 11) is 0. The molecule has 1 aromatic carbocycles. The first-order valence-corrected chi connectivity index (χ1v) is 6.02. The second-order valence-corrected chi connectivity index (χ2v) is 4.57. The van der Waals surface area contributed by atoms with Crippen molar-refractivity contribution < 1.29 is 35.7 Å². The minimum atomic E-state index is -6.62. The Morgan fingerprint density at radius 3 is 2.00 bits per heavy atom. The Balaban J connectivity index is 2.69. The van der Waals surface area contributed by atoms with Crippen LogP contribution in [0.15, 0.2) is 30.3 Å². The van der Waals surface area contributed by atoms with Crippen molar-refractivity contribution in [2.24, 2.45) is 0 Å². The SMILES string of the molecule is O=[N+]([O-])c1c(-c2ccccc2)n[nH]c1C(F)(F)C(F)(F)C(F)(F)F. The fourth-order valence-corrected chi connectivity index (χ4v) is 1.87. The minimum Gasteiger partial charge on any atom is -0.269 e. The Kier molecular flexibility index (Phi) is 4.02. The maximum absolute atomic E-state index is 13.7. The number of halogens is 7. The molecule has 130 valence electrons. The van der Waals surface area contributed by atoms with Crippen LogP contribution in [0.5, 0.6) is 0 Å². The standard InChI is InChI=1S/C12H6F7N3O2/c13-10(14,11(15,16)12(17,18)19)9-8(22(23)24)7(20-21-9)6-4-2-1-3-5-6/h1-5H,(H,20,21). The molecule has 1 N–H and O–H groups in total. The van der Waals surface area contributed by atoms with Gasteiger partial charge in [-0.05, 0) is 0 Å². The lowest BCUT2D eigenvalue weighted by Gasteiger charge is -2.26. The van der Waals surface area contributed by atoms with Crippen LogP contribution in [0.3, 0.4) is 0 Å².